The zero-order valence-electron chi connectivity index (χ0n) is 17.8. The molecule has 2 saturated heterocycles. The van der Waals surface area contributed by atoms with Gasteiger partial charge in [0.1, 0.15) is 4.21 Å². The van der Waals surface area contributed by atoms with Crippen LogP contribution < -0.4 is 4.90 Å². The highest BCUT2D eigenvalue weighted by atomic mass is 32.2. The fourth-order valence-electron chi connectivity index (χ4n) is 3.85. The lowest BCUT2D eigenvalue weighted by Gasteiger charge is -2.35. The quantitative estimate of drug-likeness (QED) is 0.534. The molecule has 12 heteroatoms. The second-order valence-electron chi connectivity index (χ2n) is 7.71. The largest absolute Gasteiger partial charge is 0.378 e. The third kappa shape index (κ3) is 4.51. The number of aromatic nitrogens is 2. The van der Waals surface area contributed by atoms with E-state index >= 15 is 0 Å². The second kappa shape index (κ2) is 9.21. The van der Waals surface area contributed by atoms with Crippen molar-refractivity contribution < 1.29 is 22.5 Å². The van der Waals surface area contributed by atoms with E-state index in [4.69, 9.17) is 9.26 Å². The van der Waals surface area contributed by atoms with Gasteiger partial charge in [0.2, 0.25) is 5.82 Å². The fraction of sp³-hybridized carbons (Fsp3) is 0.381. The van der Waals surface area contributed by atoms with Gasteiger partial charge >= 0.3 is 11.8 Å². The molecule has 1 amide bonds. The van der Waals surface area contributed by atoms with Gasteiger partial charge < -0.3 is 19.1 Å². The molecule has 33 heavy (non-hydrogen) atoms. The van der Waals surface area contributed by atoms with Gasteiger partial charge in [-0.15, -0.1) is 11.3 Å². The molecule has 4 heterocycles. The maximum atomic E-state index is 13.2. The Balaban J connectivity index is 1.26. The lowest BCUT2D eigenvalue weighted by molar-refractivity contribution is 0.0272. The van der Waals surface area contributed by atoms with E-state index in [1.807, 2.05) is 30.3 Å². The second-order valence-corrected chi connectivity index (χ2v) is 10.8. The maximum absolute atomic E-state index is 13.2. The van der Waals surface area contributed by atoms with Crippen molar-refractivity contribution >= 4 is 33.0 Å². The third-order valence-electron chi connectivity index (χ3n) is 5.70. The summed E-state index contributed by atoms with van der Waals surface area (Å²) in [5.74, 6) is -0.269. The molecule has 0 N–H and O–H groups in total. The van der Waals surface area contributed by atoms with Gasteiger partial charge in [0.25, 0.3) is 10.0 Å². The van der Waals surface area contributed by atoms with Gasteiger partial charge in [-0.05, 0) is 18.2 Å². The number of morpholine rings is 1. The first-order chi connectivity index (χ1) is 16.0. The Labute approximate surface area is 195 Å². The Bertz CT molecular complexity index is 1210. The van der Waals surface area contributed by atoms with Gasteiger partial charge in [0.05, 0.1) is 13.2 Å². The number of hydrogen-bond donors (Lipinski definition) is 0. The monoisotopic (exact) mass is 489 g/mol. The highest BCUT2D eigenvalue weighted by Gasteiger charge is 2.31. The molecule has 174 valence electrons. The van der Waals surface area contributed by atoms with Crippen molar-refractivity contribution in [2.45, 2.75) is 4.21 Å². The number of nitrogens with zero attached hydrogens (tertiary/aromatic N) is 5. The van der Waals surface area contributed by atoms with Crippen molar-refractivity contribution in [3.63, 3.8) is 0 Å². The van der Waals surface area contributed by atoms with Crippen LogP contribution in [0.5, 0.6) is 0 Å². The van der Waals surface area contributed by atoms with E-state index in [9.17, 15) is 13.2 Å². The van der Waals surface area contributed by atoms with Gasteiger partial charge in [0.15, 0.2) is 0 Å². The number of benzene rings is 1. The highest BCUT2D eigenvalue weighted by molar-refractivity contribution is 7.91. The summed E-state index contributed by atoms with van der Waals surface area (Å²) < 4.78 is 38.5. The van der Waals surface area contributed by atoms with Crippen molar-refractivity contribution in [3.8, 4) is 11.4 Å². The minimum Gasteiger partial charge on any atom is -0.378 e. The van der Waals surface area contributed by atoms with Gasteiger partial charge in [-0.3, -0.25) is 4.79 Å². The summed E-state index contributed by atoms with van der Waals surface area (Å²) >= 11 is 1.11. The minimum atomic E-state index is -3.63. The molecule has 0 radical (unpaired) electrons. The molecule has 0 unspecified atom stereocenters. The zero-order chi connectivity index (χ0) is 22.8. The zero-order valence-corrected chi connectivity index (χ0v) is 19.4. The third-order valence-corrected chi connectivity index (χ3v) is 9.01. The molecular weight excluding hydrogens is 466 g/mol. The summed E-state index contributed by atoms with van der Waals surface area (Å²) in [6.45, 7) is 3.94. The summed E-state index contributed by atoms with van der Waals surface area (Å²) in [6, 6.07) is 11.5. The van der Waals surface area contributed by atoms with Crippen molar-refractivity contribution in [2.75, 3.05) is 57.4 Å². The average molecular weight is 490 g/mol. The van der Waals surface area contributed by atoms with Crippen LogP contribution in [0.15, 0.2) is 50.5 Å². The van der Waals surface area contributed by atoms with Crippen LogP contribution in [0.1, 0.15) is 10.7 Å². The van der Waals surface area contributed by atoms with Crippen LogP contribution in [-0.4, -0.2) is 86.2 Å². The number of thiophene rings is 1. The Kier molecular flexibility index (Phi) is 6.15. The number of carbonyl (C=O) groups is 1. The molecular formula is C21H23N5O5S2. The first kappa shape index (κ1) is 22.0. The molecule has 2 aromatic heterocycles. The van der Waals surface area contributed by atoms with Crippen molar-refractivity contribution in [3.05, 3.63) is 47.7 Å². The number of anilines is 1. The molecule has 2 fully saturated rings. The molecule has 0 saturated carbocycles. The van der Waals surface area contributed by atoms with E-state index in [1.54, 1.807) is 10.3 Å². The number of carbonyl (C=O) groups excluding carboxylic acids is 1. The first-order valence-electron chi connectivity index (χ1n) is 10.6. The average Bonchev–Trinajstić information content (AvgIpc) is 3.55. The summed E-state index contributed by atoms with van der Waals surface area (Å²) in [5.41, 5.74) is 1.60. The van der Waals surface area contributed by atoms with Crippen LogP contribution in [0.3, 0.4) is 0 Å². The van der Waals surface area contributed by atoms with E-state index < -0.39 is 10.0 Å². The Hall–Kier alpha value is -2.80. The van der Waals surface area contributed by atoms with Gasteiger partial charge in [-0.2, -0.15) is 9.29 Å². The number of amides is 1. The molecule has 10 nitrogen and oxygen atoms in total. The number of para-hydroxylation sites is 1. The SMILES string of the molecule is O=C(c1nc(-c2csc(S(=O)(=O)N3CCN(c4ccccc4)CC3)c2)no1)N1CCOCC1. The van der Waals surface area contributed by atoms with Crippen LogP contribution in [-0.2, 0) is 14.8 Å². The number of ether oxygens (including phenoxy) is 1. The van der Waals surface area contributed by atoms with Crippen LogP contribution >= 0.6 is 11.3 Å². The number of sulfonamides is 1. The van der Waals surface area contributed by atoms with E-state index in [0.29, 0.717) is 58.0 Å². The van der Waals surface area contributed by atoms with E-state index in [2.05, 4.69) is 15.0 Å². The van der Waals surface area contributed by atoms with Crippen molar-refractivity contribution in [2.24, 2.45) is 0 Å². The molecule has 0 atom stereocenters. The fourth-order valence-corrected chi connectivity index (χ4v) is 6.58. The highest BCUT2D eigenvalue weighted by Crippen LogP contribution is 2.30. The van der Waals surface area contributed by atoms with Crippen LogP contribution in [0, 0.1) is 0 Å². The number of piperazine rings is 1. The molecule has 1 aromatic carbocycles. The molecule has 0 spiro atoms. The number of rotatable bonds is 5. The predicted octanol–water partition coefficient (Wildman–Crippen LogP) is 1.78. The lowest BCUT2D eigenvalue weighted by Crippen LogP contribution is -2.48. The van der Waals surface area contributed by atoms with Crippen LogP contribution in [0.2, 0.25) is 0 Å². The Morgan fingerprint density at radius 3 is 2.45 bits per heavy atom. The minimum absolute atomic E-state index is 0.112. The lowest BCUT2D eigenvalue weighted by atomic mass is 10.2. The van der Waals surface area contributed by atoms with Crippen LogP contribution in [0.4, 0.5) is 5.69 Å². The molecule has 2 aliphatic heterocycles. The van der Waals surface area contributed by atoms with E-state index in [0.717, 1.165) is 17.0 Å². The van der Waals surface area contributed by atoms with Crippen LogP contribution in [0.25, 0.3) is 11.4 Å². The van der Waals surface area contributed by atoms with Crippen molar-refractivity contribution in [1.29, 1.82) is 0 Å². The number of hydrogen-bond acceptors (Lipinski definition) is 9. The summed E-state index contributed by atoms with van der Waals surface area (Å²) in [7, 11) is -3.63. The standard InChI is InChI=1S/C21H23N5O5S2/c27-21(25-10-12-30-13-11-25)20-22-19(23-31-20)16-14-18(32-15-16)33(28,29)26-8-6-24(7-9-26)17-4-2-1-3-5-17/h1-5,14-15H,6-13H2. The van der Waals surface area contributed by atoms with E-state index in [-0.39, 0.29) is 21.8 Å². The summed E-state index contributed by atoms with van der Waals surface area (Å²) in [6.07, 6.45) is 0. The summed E-state index contributed by atoms with van der Waals surface area (Å²) in [4.78, 5) is 20.5. The van der Waals surface area contributed by atoms with E-state index in [1.165, 1.54) is 10.4 Å². The topological polar surface area (TPSA) is 109 Å². The van der Waals surface area contributed by atoms with Gasteiger partial charge in [-0.1, -0.05) is 23.4 Å². The maximum Gasteiger partial charge on any atom is 0.316 e. The molecule has 0 bridgehead atoms. The molecule has 0 aliphatic carbocycles. The summed E-state index contributed by atoms with van der Waals surface area (Å²) in [5, 5.41) is 5.55. The Morgan fingerprint density at radius 1 is 1.00 bits per heavy atom. The smallest absolute Gasteiger partial charge is 0.316 e. The normalized spacial score (nSPS) is 17.9. The molecule has 2 aliphatic rings. The van der Waals surface area contributed by atoms with Gasteiger partial charge in [-0.25, -0.2) is 8.42 Å². The predicted molar refractivity (Wildman–Crippen MR) is 122 cm³/mol. The molecule has 5 rings (SSSR count). The Morgan fingerprint density at radius 2 is 1.73 bits per heavy atom. The van der Waals surface area contributed by atoms with Crippen molar-refractivity contribution in [1.82, 2.24) is 19.3 Å². The first-order valence-corrected chi connectivity index (χ1v) is 12.9. The molecule has 3 aromatic rings. The van der Waals surface area contributed by atoms with Gasteiger partial charge in [0, 0.05) is 55.9 Å².